The molecule has 0 aliphatic carbocycles. The highest BCUT2D eigenvalue weighted by atomic mass is 16.2. The predicted octanol–water partition coefficient (Wildman–Crippen LogP) is 2.58. The summed E-state index contributed by atoms with van der Waals surface area (Å²) in [4.78, 5) is 48.7. The molecule has 35 heavy (non-hydrogen) atoms. The van der Waals surface area contributed by atoms with Crippen LogP contribution in [0.1, 0.15) is 23.6 Å². The Balaban J connectivity index is 2.02. The van der Waals surface area contributed by atoms with Crippen LogP contribution in [-0.2, 0) is 16.8 Å². The minimum absolute atomic E-state index is 0.0370. The first kappa shape index (κ1) is 25.7. The molecule has 1 N–H and O–H groups in total. The number of rotatable bonds is 6. The number of likely N-dealkylation sites (N-methyl/N-ethyl adjacent to an activating group) is 2. The molecular weight excluding hydrogens is 444 g/mol. The lowest BCUT2D eigenvalue weighted by atomic mass is 9.82. The van der Waals surface area contributed by atoms with Crippen LogP contribution < -0.4 is 5.32 Å². The van der Waals surface area contributed by atoms with E-state index in [-0.39, 0.29) is 17.9 Å². The van der Waals surface area contributed by atoms with Crippen molar-refractivity contribution in [1.82, 2.24) is 24.9 Å². The van der Waals surface area contributed by atoms with Crippen LogP contribution in [0.25, 0.3) is 0 Å². The fourth-order valence-electron chi connectivity index (χ4n) is 4.09. The molecule has 0 saturated carbocycles. The Morgan fingerprint density at radius 3 is 2.23 bits per heavy atom. The third-order valence-electron chi connectivity index (χ3n) is 6.10. The fraction of sp³-hybridized carbons (Fsp3) is 0.385. The van der Waals surface area contributed by atoms with Gasteiger partial charge in [-0.15, -0.1) is 0 Å². The normalized spacial score (nSPS) is 18.4. The molecule has 1 aliphatic heterocycles. The molecule has 0 bridgehead atoms. The molecule has 1 heterocycles. The van der Waals surface area contributed by atoms with Crippen LogP contribution in [0.15, 0.2) is 59.6 Å². The summed E-state index contributed by atoms with van der Waals surface area (Å²) in [5, 5.41) is 3.27. The molecule has 5 amide bonds. The van der Waals surface area contributed by atoms with Gasteiger partial charge in [0.25, 0.3) is 5.91 Å². The summed E-state index contributed by atoms with van der Waals surface area (Å²) in [6.07, 6.45) is 0.635. The molecule has 2 aromatic carbocycles. The Hall–Kier alpha value is -3.88. The molecule has 1 saturated heterocycles. The van der Waals surface area contributed by atoms with E-state index in [1.807, 2.05) is 61.5 Å². The lowest BCUT2D eigenvalue weighted by Crippen LogP contribution is -2.45. The Bertz CT molecular complexity index is 1120. The van der Waals surface area contributed by atoms with Crippen molar-refractivity contribution in [3.63, 3.8) is 0 Å². The first-order valence-corrected chi connectivity index (χ1v) is 11.6. The lowest BCUT2D eigenvalue weighted by molar-refractivity contribution is -0.129. The van der Waals surface area contributed by atoms with Gasteiger partial charge in [-0.3, -0.25) is 9.69 Å². The third kappa shape index (κ3) is 5.13. The monoisotopic (exact) mass is 478 g/mol. The van der Waals surface area contributed by atoms with E-state index in [9.17, 15) is 14.4 Å². The van der Waals surface area contributed by atoms with E-state index in [2.05, 4.69) is 10.3 Å². The maximum atomic E-state index is 13.8. The van der Waals surface area contributed by atoms with Crippen LogP contribution >= 0.6 is 0 Å². The minimum atomic E-state index is -1.23. The molecule has 1 atom stereocenters. The maximum Gasteiger partial charge on any atom is 0.346 e. The number of aliphatic imine (C=N–C) groups is 1. The number of guanidine groups is 1. The Kier molecular flexibility index (Phi) is 7.78. The summed E-state index contributed by atoms with van der Waals surface area (Å²) in [6, 6.07) is 16.7. The second-order valence-corrected chi connectivity index (χ2v) is 8.92. The molecule has 0 aromatic heterocycles. The van der Waals surface area contributed by atoms with Crippen LogP contribution in [0.5, 0.6) is 0 Å². The zero-order valence-corrected chi connectivity index (χ0v) is 21.3. The Morgan fingerprint density at radius 2 is 1.63 bits per heavy atom. The van der Waals surface area contributed by atoms with Crippen LogP contribution in [0.2, 0.25) is 0 Å². The zero-order valence-electron chi connectivity index (χ0n) is 21.3. The van der Waals surface area contributed by atoms with Crippen molar-refractivity contribution in [3.8, 4) is 0 Å². The largest absolute Gasteiger partial charge is 0.346 e. The summed E-state index contributed by atoms with van der Waals surface area (Å²) < 4.78 is 0. The van der Waals surface area contributed by atoms with Gasteiger partial charge < -0.3 is 20.0 Å². The molecule has 186 valence electrons. The molecular formula is C26H34N6O3. The minimum Gasteiger partial charge on any atom is -0.334 e. The average molecular weight is 479 g/mol. The highest BCUT2D eigenvalue weighted by Gasteiger charge is 2.51. The molecule has 9 heteroatoms. The molecule has 0 spiro atoms. The second kappa shape index (κ2) is 10.6. The second-order valence-electron chi connectivity index (χ2n) is 8.92. The van der Waals surface area contributed by atoms with Crippen LogP contribution in [-0.4, -0.2) is 91.9 Å². The number of hydrogen-bond donors (Lipinski definition) is 1. The highest BCUT2D eigenvalue weighted by molar-refractivity contribution is 6.13. The van der Waals surface area contributed by atoms with Crippen molar-refractivity contribution in [1.29, 1.82) is 0 Å². The topological polar surface area (TPSA) is 88.6 Å². The fourth-order valence-corrected chi connectivity index (χ4v) is 4.09. The van der Waals surface area contributed by atoms with Crippen molar-refractivity contribution in [3.05, 3.63) is 71.3 Å². The molecule has 1 fully saturated rings. The number of nitrogens with zero attached hydrogens (tertiary/aromatic N) is 5. The summed E-state index contributed by atoms with van der Waals surface area (Å²) in [5.41, 5.74) is 1.24. The smallest absolute Gasteiger partial charge is 0.334 e. The van der Waals surface area contributed by atoms with Gasteiger partial charge in [-0.25, -0.2) is 9.59 Å². The van der Waals surface area contributed by atoms with Gasteiger partial charge in [0.1, 0.15) is 0 Å². The van der Waals surface area contributed by atoms with Gasteiger partial charge in [0, 0.05) is 48.3 Å². The highest BCUT2D eigenvalue weighted by Crippen LogP contribution is 2.36. The van der Waals surface area contributed by atoms with E-state index in [4.69, 9.17) is 0 Å². The van der Waals surface area contributed by atoms with E-state index in [0.29, 0.717) is 19.5 Å². The summed E-state index contributed by atoms with van der Waals surface area (Å²) in [7, 11) is 8.31. The van der Waals surface area contributed by atoms with Crippen molar-refractivity contribution >= 4 is 23.9 Å². The van der Waals surface area contributed by atoms with Crippen molar-refractivity contribution in [2.75, 3.05) is 48.3 Å². The number of carbonyl (C=O) groups is 3. The number of carbonyl (C=O) groups excluding carboxylic acids is 3. The van der Waals surface area contributed by atoms with Crippen molar-refractivity contribution < 1.29 is 14.4 Å². The van der Waals surface area contributed by atoms with Crippen molar-refractivity contribution in [2.45, 2.75) is 18.9 Å². The molecule has 0 radical (unpaired) electrons. The van der Waals surface area contributed by atoms with E-state index >= 15 is 0 Å². The molecule has 1 aliphatic rings. The van der Waals surface area contributed by atoms with Gasteiger partial charge in [-0.1, -0.05) is 54.6 Å². The number of hydrogen-bond acceptors (Lipinski definition) is 3. The van der Waals surface area contributed by atoms with E-state index in [1.54, 1.807) is 45.0 Å². The predicted molar refractivity (Wildman–Crippen MR) is 136 cm³/mol. The summed E-state index contributed by atoms with van der Waals surface area (Å²) in [6.45, 7) is 3.12. The van der Waals surface area contributed by atoms with Gasteiger partial charge in [0.05, 0.1) is 0 Å². The zero-order chi connectivity index (χ0) is 25.8. The Labute approximate surface area is 207 Å². The third-order valence-corrected chi connectivity index (χ3v) is 6.10. The van der Waals surface area contributed by atoms with Crippen LogP contribution in [0.3, 0.4) is 0 Å². The van der Waals surface area contributed by atoms with Gasteiger partial charge in [-0.05, 0) is 30.0 Å². The van der Waals surface area contributed by atoms with Crippen LogP contribution in [0, 0.1) is 0 Å². The summed E-state index contributed by atoms with van der Waals surface area (Å²) >= 11 is 0. The van der Waals surface area contributed by atoms with Gasteiger partial charge in [0.15, 0.2) is 5.54 Å². The van der Waals surface area contributed by atoms with Crippen molar-refractivity contribution in [2.24, 2.45) is 4.99 Å². The Morgan fingerprint density at radius 1 is 0.971 bits per heavy atom. The first-order chi connectivity index (χ1) is 16.6. The molecule has 9 nitrogen and oxygen atoms in total. The number of urea groups is 2. The number of amides is 5. The van der Waals surface area contributed by atoms with E-state index in [0.717, 1.165) is 16.7 Å². The van der Waals surface area contributed by atoms with Gasteiger partial charge in [-0.2, -0.15) is 4.99 Å². The quantitative estimate of drug-likeness (QED) is 0.691. The SMILES string of the molecule is CCN(CCc1cccc(C2(c3ccccc3)N/C(=N/C(=O)N(C)C)N(C)C2=O)c1)C(=O)N(C)C. The lowest BCUT2D eigenvalue weighted by Gasteiger charge is -2.29. The molecule has 3 rings (SSSR count). The first-order valence-electron chi connectivity index (χ1n) is 11.6. The van der Waals surface area contributed by atoms with Crippen LogP contribution in [0.4, 0.5) is 9.59 Å². The van der Waals surface area contributed by atoms with E-state index < -0.39 is 11.6 Å². The standard InChI is InChI=1S/C26H34N6O3/c1-7-32(25(35)30(4)5)17-16-19-12-11-15-21(18-19)26(20-13-9-8-10-14-20)22(33)31(6)23(28-26)27-24(34)29(2)3/h8-15,18H,7,16-17H2,1-6H3,(H,27,28,34). The molecule has 2 aromatic rings. The van der Waals surface area contributed by atoms with E-state index in [1.165, 1.54) is 9.80 Å². The summed E-state index contributed by atoms with van der Waals surface area (Å²) in [5.74, 6) is -0.0409. The number of benzene rings is 2. The van der Waals surface area contributed by atoms with Gasteiger partial charge >= 0.3 is 12.1 Å². The maximum absolute atomic E-state index is 13.8. The van der Waals surface area contributed by atoms with Gasteiger partial charge in [0.2, 0.25) is 5.96 Å². The number of nitrogens with one attached hydrogen (secondary N) is 1. The average Bonchev–Trinajstić information content (AvgIpc) is 3.10. The molecule has 1 unspecified atom stereocenters.